The van der Waals surface area contributed by atoms with Crippen LogP contribution in [0.3, 0.4) is 0 Å². The third kappa shape index (κ3) is 2.42. The number of nitrogens with one attached hydrogen (secondary N) is 1. The second-order valence-corrected chi connectivity index (χ2v) is 4.60. The highest BCUT2D eigenvalue weighted by Gasteiger charge is 2.24. The predicted molar refractivity (Wildman–Crippen MR) is 64.2 cm³/mol. The molecule has 4 heteroatoms. The average Bonchev–Trinajstić information content (AvgIpc) is 3.05. The summed E-state index contributed by atoms with van der Waals surface area (Å²) in [5, 5.41) is 13.4. The van der Waals surface area contributed by atoms with E-state index in [1.165, 1.54) is 12.8 Å². The van der Waals surface area contributed by atoms with Gasteiger partial charge >= 0.3 is 0 Å². The number of hydrogen-bond donors (Lipinski definition) is 2. The number of phenolic OH excluding ortho intramolecular Hbond substituents is 1. The largest absolute Gasteiger partial charge is 0.506 e. The Bertz CT molecular complexity index is 391. The molecule has 1 unspecified atom stereocenters. The van der Waals surface area contributed by atoms with Gasteiger partial charge in [-0.2, -0.15) is 0 Å². The Kier molecular flexibility index (Phi) is 3.26. The van der Waals surface area contributed by atoms with Gasteiger partial charge in [0.05, 0.1) is 7.11 Å². The summed E-state index contributed by atoms with van der Waals surface area (Å²) in [6.07, 6.45) is 2.47. The summed E-state index contributed by atoms with van der Waals surface area (Å²) in [5.74, 6) is 0.585. The fraction of sp³-hybridized carbons (Fsp3) is 0.500. The molecule has 0 aliphatic heterocycles. The van der Waals surface area contributed by atoms with Crippen LogP contribution >= 0.6 is 11.6 Å². The molecule has 1 saturated carbocycles. The zero-order valence-corrected chi connectivity index (χ0v) is 10.2. The maximum Gasteiger partial charge on any atom is 0.141 e. The zero-order chi connectivity index (χ0) is 11.7. The van der Waals surface area contributed by atoms with Crippen LogP contribution < -0.4 is 10.1 Å². The van der Waals surface area contributed by atoms with Crippen molar-refractivity contribution < 1.29 is 9.84 Å². The molecule has 0 heterocycles. The zero-order valence-electron chi connectivity index (χ0n) is 9.46. The summed E-state index contributed by atoms with van der Waals surface area (Å²) in [5.41, 5.74) is 0.991. The van der Waals surface area contributed by atoms with Gasteiger partial charge in [-0.3, -0.25) is 0 Å². The summed E-state index contributed by atoms with van der Waals surface area (Å²) >= 11 is 5.89. The molecule has 1 aromatic rings. The van der Waals surface area contributed by atoms with Crippen molar-refractivity contribution >= 4 is 11.6 Å². The van der Waals surface area contributed by atoms with Crippen molar-refractivity contribution in [1.82, 2.24) is 5.32 Å². The lowest BCUT2D eigenvalue weighted by Crippen LogP contribution is -2.20. The minimum Gasteiger partial charge on any atom is -0.506 e. The van der Waals surface area contributed by atoms with Crippen molar-refractivity contribution in [2.45, 2.75) is 31.8 Å². The fourth-order valence-electron chi connectivity index (χ4n) is 1.70. The third-order valence-electron chi connectivity index (χ3n) is 2.83. The van der Waals surface area contributed by atoms with Crippen molar-refractivity contribution in [2.24, 2.45) is 0 Å². The summed E-state index contributed by atoms with van der Waals surface area (Å²) in [6.45, 7) is 2.07. The summed E-state index contributed by atoms with van der Waals surface area (Å²) < 4.78 is 5.12. The molecule has 2 N–H and O–H groups in total. The van der Waals surface area contributed by atoms with E-state index in [2.05, 4.69) is 12.2 Å². The van der Waals surface area contributed by atoms with E-state index in [4.69, 9.17) is 16.3 Å². The summed E-state index contributed by atoms with van der Waals surface area (Å²) in [7, 11) is 1.55. The van der Waals surface area contributed by atoms with Crippen LogP contribution in [0.2, 0.25) is 5.02 Å². The first kappa shape index (κ1) is 11.6. The van der Waals surface area contributed by atoms with E-state index in [1.54, 1.807) is 13.2 Å². The molecule has 0 bridgehead atoms. The molecule has 2 rings (SSSR count). The van der Waals surface area contributed by atoms with Crippen LogP contribution in [0.25, 0.3) is 0 Å². The van der Waals surface area contributed by atoms with Crippen molar-refractivity contribution in [3.05, 3.63) is 22.7 Å². The SMILES string of the molecule is COc1cc(C(C)NC2CC2)cc(O)c1Cl. The van der Waals surface area contributed by atoms with E-state index in [9.17, 15) is 5.11 Å². The van der Waals surface area contributed by atoms with Gasteiger partial charge in [0.15, 0.2) is 0 Å². The van der Waals surface area contributed by atoms with Crippen LogP contribution in [0.5, 0.6) is 11.5 Å². The molecule has 1 fully saturated rings. The Balaban J connectivity index is 2.22. The highest BCUT2D eigenvalue weighted by molar-refractivity contribution is 6.33. The molecule has 0 spiro atoms. The van der Waals surface area contributed by atoms with E-state index >= 15 is 0 Å². The molecule has 0 amide bonds. The molecule has 0 aromatic heterocycles. The van der Waals surface area contributed by atoms with Crippen LogP contribution in [0.4, 0.5) is 0 Å². The first-order valence-electron chi connectivity index (χ1n) is 5.44. The Labute approximate surface area is 100 Å². The molecule has 16 heavy (non-hydrogen) atoms. The lowest BCUT2D eigenvalue weighted by molar-refractivity contribution is 0.405. The lowest BCUT2D eigenvalue weighted by Gasteiger charge is -2.16. The van der Waals surface area contributed by atoms with Crippen LogP contribution in [0.15, 0.2) is 12.1 Å². The second-order valence-electron chi connectivity index (χ2n) is 4.22. The first-order valence-corrected chi connectivity index (χ1v) is 5.82. The fourth-order valence-corrected chi connectivity index (χ4v) is 1.89. The van der Waals surface area contributed by atoms with Gasteiger partial charge in [-0.05, 0) is 37.5 Å². The molecule has 1 aliphatic carbocycles. The van der Waals surface area contributed by atoms with Gasteiger partial charge in [0.1, 0.15) is 16.5 Å². The molecular weight excluding hydrogens is 226 g/mol. The number of phenols is 1. The average molecular weight is 242 g/mol. The van der Waals surface area contributed by atoms with Crippen molar-refractivity contribution in [1.29, 1.82) is 0 Å². The minimum absolute atomic E-state index is 0.0699. The maximum atomic E-state index is 9.67. The number of hydrogen-bond acceptors (Lipinski definition) is 3. The van der Waals surface area contributed by atoms with Gasteiger partial charge < -0.3 is 15.2 Å². The Morgan fingerprint density at radius 2 is 2.19 bits per heavy atom. The quantitative estimate of drug-likeness (QED) is 0.852. The van der Waals surface area contributed by atoms with Crippen LogP contribution in [-0.2, 0) is 0 Å². The Morgan fingerprint density at radius 1 is 1.50 bits per heavy atom. The topological polar surface area (TPSA) is 41.5 Å². The predicted octanol–water partition coefficient (Wildman–Crippen LogP) is 2.87. The van der Waals surface area contributed by atoms with Crippen LogP contribution in [-0.4, -0.2) is 18.3 Å². The molecule has 1 aromatic carbocycles. The van der Waals surface area contributed by atoms with Gasteiger partial charge in [0, 0.05) is 12.1 Å². The smallest absolute Gasteiger partial charge is 0.141 e. The van der Waals surface area contributed by atoms with Gasteiger partial charge in [-0.15, -0.1) is 0 Å². The van der Waals surface area contributed by atoms with Crippen molar-refractivity contribution in [2.75, 3.05) is 7.11 Å². The first-order chi connectivity index (χ1) is 7.61. The molecule has 3 nitrogen and oxygen atoms in total. The molecule has 0 radical (unpaired) electrons. The number of aromatic hydroxyl groups is 1. The van der Waals surface area contributed by atoms with E-state index in [0.717, 1.165) is 5.56 Å². The van der Waals surface area contributed by atoms with Crippen LogP contribution in [0, 0.1) is 0 Å². The van der Waals surface area contributed by atoms with Crippen molar-refractivity contribution in [3.8, 4) is 11.5 Å². The third-order valence-corrected chi connectivity index (χ3v) is 3.21. The van der Waals surface area contributed by atoms with Gasteiger partial charge in [0.25, 0.3) is 0 Å². The lowest BCUT2D eigenvalue weighted by atomic mass is 10.1. The van der Waals surface area contributed by atoms with Gasteiger partial charge in [-0.25, -0.2) is 0 Å². The number of ether oxygens (including phenoxy) is 1. The number of rotatable bonds is 4. The Hall–Kier alpha value is -0.930. The van der Waals surface area contributed by atoms with E-state index in [0.29, 0.717) is 11.8 Å². The molecular formula is C12H16ClNO2. The minimum atomic E-state index is 0.0699. The summed E-state index contributed by atoms with van der Waals surface area (Å²) in [6, 6.07) is 4.37. The van der Waals surface area contributed by atoms with E-state index < -0.39 is 0 Å². The Morgan fingerprint density at radius 3 is 2.75 bits per heavy atom. The molecule has 0 saturated heterocycles. The summed E-state index contributed by atoms with van der Waals surface area (Å²) in [4.78, 5) is 0. The standard InChI is InChI=1S/C12H16ClNO2/c1-7(14-9-3-4-9)8-5-10(15)12(13)11(6-8)16-2/h5-7,9,14-15H,3-4H2,1-2H3. The highest BCUT2D eigenvalue weighted by atomic mass is 35.5. The number of benzene rings is 1. The molecule has 1 aliphatic rings. The van der Waals surface area contributed by atoms with Crippen LogP contribution in [0.1, 0.15) is 31.4 Å². The van der Waals surface area contributed by atoms with E-state index in [1.807, 2.05) is 6.07 Å². The van der Waals surface area contributed by atoms with Gasteiger partial charge in [-0.1, -0.05) is 11.6 Å². The normalized spacial score (nSPS) is 17.2. The van der Waals surface area contributed by atoms with Gasteiger partial charge in [0.2, 0.25) is 0 Å². The highest BCUT2D eigenvalue weighted by Crippen LogP contribution is 2.36. The maximum absolute atomic E-state index is 9.67. The van der Waals surface area contributed by atoms with Crippen molar-refractivity contribution in [3.63, 3.8) is 0 Å². The molecule has 1 atom stereocenters. The number of methoxy groups -OCH3 is 1. The number of halogens is 1. The second kappa shape index (κ2) is 4.52. The molecule has 88 valence electrons. The van der Waals surface area contributed by atoms with E-state index in [-0.39, 0.29) is 16.8 Å². The monoisotopic (exact) mass is 241 g/mol.